The van der Waals surface area contributed by atoms with Crippen molar-refractivity contribution in [2.24, 2.45) is 11.8 Å². The Balaban J connectivity index is -0.000000164. The van der Waals surface area contributed by atoms with E-state index in [2.05, 4.69) is 304 Å². The van der Waals surface area contributed by atoms with Crippen molar-refractivity contribution < 1.29 is 53.5 Å². The van der Waals surface area contributed by atoms with Crippen LogP contribution in [0.3, 0.4) is 0 Å². The first kappa shape index (κ1) is 116. The van der Waals surface area contributed by atoms with Crippen LogP contribution in [0.2, 0.25) is 240 Å². The number of allylic oxidation sites excluding steroid dienone is 5. The molecule has 0 aliphatic carbocycles. The Morgan fingerprint density at radius 3 is 0.625 bits per heavy atom. The van der Waals surface area contributed by atoms with E-state index >= 15 is 0 Å². The van der Waals surface area contributed by atoms with Gasteiger partial charge < -0.3 is 53.5 Å². The zero-order valence-corrected chi connectivity index (χ0v) is 91.0. The molecule has 0 spiro atoms. The van der Waals surface area contributed by atoms with Crippen LogP contribution in [0.5, 0.6) is 0 Å². The highest BCUT2D eigenvalue weighted by molar-refractivity contribution is 6.92. The van der Waals surface area contributed by atoms with Gasteiger partial charge in [-0.2, -0.15) is 0 Å². The molecule has 96 heavy (non-hydrogen) atoms. The van der Waals surface area contributed by atoms with Crippen molar-refractivity contribution in [3.63, 3.8) is 0 Å². The number of unbranched alkanes of at least 4 members (excludes halogenated alkanes) is 1. The van der Waals surface area contributed by atoms with Gasteiger partial charge in [0.25, 0.3) is 0 Å². The minimum Gasteiger partial charge on any atom is -0.437 e. The van der Waals surface area contributed by atoms with Crippen molar-refractivity contribution >= 4 is 157 Å². The van der Waals surface area contributed by atoms with Gasteiger partial charge in [-0.15, -0.1) is 19.7 Å². The lowest BCUT2D eigenvalue weighted by Crippen LogP contribution is -2.56. The summed E-state index contributed by atoms with van der Waals surface area (Å²) in [6.07, 6.45) is 12.3. The van der Waals surface area contributed by atoms with Gasteiger partial charge in [0.05, 0.1) is 0 Å². The van der Waals surface area contributed by atoms with Crippen LogP contribution in [0.25, 0.3) is 0 Å². The summed E-state index contributed by atoms with van der Waals surface area (Å²) in [6.45, 7) is 117. The summed E-state index contributed by atoms with van der Waals surface area (Å²) in [5.74, 6) is 1.77. The predicted octanol–water partition coefficient (Wildman–Crippen LogP) is 22.3. The maximum absolute atomic E-state index is 6.99. The summed E-state index contributed by atoms with van der Waals surface area (Å²) in [4.78, 5) is 0. The van der Waals surface area contributed by atoms with E-state index in [-0.39, 0.29) is 0 Å². The second kappa shape index (κ2) is 59.7. The fraction of sp³-hybridized carbons (Fsp3) is 0.785. The number of rotatable bonds is 39. The Morgan fingerprint density at radius 2 is 0.490 bits per heavy atom. The van der Waals surface area contributed by atoms with Gasteiger partial charge in [0.1, 0.15) is 0 Å². The van der Waals surface area contributed by atoms with Crippen LogP contribution < -0.4 is 0 Å². The molecule has 0 aromatic heterocycles. The van der Waals surface area contributed by atoms with Crippen LogP contribution in [-0.4, -0.2) is 157 Å². The van der Waals surface area contributed by atoms with Crippen LogP contribution in [0, 0.1) is 11.8 Å². The standard InChI is InChI=1S/C24H72O8Si11.C10H24O2Si3.C7H24O3Si4.C7H16.C4H10.2C4H6.C3H6.C2H6/c1-33(2)25-42(19,26-34(3)4)31-39(13,14)23-21-37(9,10)29-41(17,18)30-38(11,12)22-24-40(15,16)32-43(20,27-35(5)6)28-36(7)8;1-9-13(3,4)11-15(7,8)12-14(5,6)10-2;1-11(2)8-14(7,9-12(3)4)10-13(5)6;1-5-7(4)6(2)3;3*1-3-4-2;1-3-2;1-2/h33-36H,21-24H2,1-20H3;9-10H,1-2H2,3-8H3;11-13H,1-7H3;6-7H,5H2,1-4H3;3-4H2,1-2H3;2*3-4H,1-2H2;3H,1H2,2H3;1-2H3. The second-order valence-corrected chi connectivity index (χ2v) is 91.1. The van der Waals surface area contributed by atoms with E-state index in [1.807, 2.05) is 32.2 Å². The highest BCUT2D eigenvalue weighted by Gasteiger charge is 2.47. The Kier molecular flexibility index (Phi) is 72.1. The highest BCUT2D eigenvalue weighted by Crippen LogP contribution is 2.33. The number of hydrogen-bond acceptors (Lipinski definition) is 13. The lowest BCUT2D eigenvalue weighted by atomic mass is 9.96. The van der Waals surface area contributed by atoms with E-state index in [9.17, 15) is 0 Å². The molecule has 0 heterocycles. The molecule has 0 N–H and O–H groups in total. The lowest BCUT2D eigenvalue weighted by molar-refractivity contribution is 0.270. The molecule has 0 fully saturated rings. The van der Waals surface area contributed by atoms with Gasteiger partial charge in [-0.05, 0) is 239 Å². The van der Waals surface area contributed by atoms with Crippen molar-refractivity contribution in [1.82, 2.24) is 0 Å². The molecule has 0 saturated carbocycles. The smallest absolute Gasteiger partial charge is 0.437 e. The van der Waals surface area contributed by atoms with Gasteiger partial charge in [0, 0.05) is 19.6 Å². The number of hydrogen-bond donors (Lipinski definition) is 0. The molecule has 1 atom stereocenters. The molecule has 0 aromatic rings. The lowest BCUT2D eigenvalue weighted by Gasteiger charge is -2.42. The third kappa shape index (κ3) is 82.8. The minimum absolute atomic E-state index is 0.866. The van der Waals surface area contributed by atoms with E-state index < -0.39 is 157 Å². The fourth-order valence-electron chi connectivity index (χ4n) is 8.84. The molecule has 0 rings (SSSR count). The zero-order valence-electron chi connectivity index (χ0n) is 71.9. The summed E-state index contributed by atoms with van der Waals surface area (Å²) in [6, 6.07) is 4.22. The Morgan fingerprint density at radius 1 is 0.312 bits per heavy atom. The monoisotopic (exact) mass is 1660 g/mol. The molecule has 1 unspecified atom stereocenters. The molecule has 580 valence electrons. The van der Waals surface area contributed by atoms with E-state index in [1.54, 1.807) is 30.4 Å². The van der Waals surface area contributed by atoms with E-state index in [1.165, 1.54) is 19.3 Å². The van der Waals surface area contributed by atoms with Crippen molar-refractivity contribution in [2.45, 2.75) is 322 Å². The van der Waals surface area contributed by atoms with Gasteiger partial charge in [0.2, 0.25) is 0 Å². The van der Waals surface area contributed by atoms with Gasteiger partial charge in [-0.1, -0.05) is 143 Å². The fourth-order valence-corrected chi connectivity index (χ4v) is 80.8. The summed E-state index contributed by atoms with van der Waals surface area (Å²) in [7, 11) is -31.5. The molecule has 13 nitrogen and oxygen atoms in total. The first-order chi connectivity index (χ1) is 43.0. The topological polar surface area (TPSA) is 120 Å². The average Bonchev–Trinajstić information content (AvgIpc) is 1.31. The third-order valence-electron chi connectivity index (χ3n) is 12.4. The molecule has 0 aliphatic rings. The van der Waals surface area contributed by atoms with E-state index in [0.717, 1.165) is 36.0 Å². The quantitative estimate of drug-likeness (QED) is 0.0330. The summed E-state index contributed by atoms with van der Waals surface area (Å²) >= 11 is 0. The molecule has 0 aromatic carbocycles. The summed E-state index contributed by atoms with van der Waals surface area (Å²) in [5.41, 5.74) is 3.90. The molecule has 31 heteroatoms. The summed E-state index contributed by atoms with van der Waals surface area (Å²) in [5, 5.41) is 0. The Labute approximate surface area is 626 Å². The molecule has 0 bridgehead atoms. The van der Waals surface area contributed by atoms with Crippen molar-refractivity contribution in [3.8, 4) is 0 Å². The van der Waals surface area contributed by atoms with Crippen LogP contribution in [0.15, 0.2) is 87.8 Å². The first-order valence-corrected chi connectivity index (χ1v) is 86.5. The highest BCUT2D eigenvalue weighted by atomic mass is 28.5. The second-order valence-electron chi connectivity index (χ2n) is 30.8. The van der Waals surface area contributed by atoms with Gasteiger partial charge in [-0.3, -0.25) is 0 Å². The third-order valence-corrected chi connectivity index (χ3v) is 70.2. The largest absolute Gasteiger partial charge is 0.465 e. The first-order valence-electron chi connectivity index (χ1n) is 36.3. The Bertz CT molecular complexity index is 1780. The van der Waals surface area contributed by atoms with Crippen LogP contribution in [-0.2, 0) is 53.5 Å². The normalized spacial score (nSPS) is 12.9. The van der Waals surface area contributed by atoms with Crippen LogP contribution in [0.1, 0.15) is 81.6 Å². The zero-order chi connectivity index (χ0) is 78.8. The molecule has 0 amide bonds. The molecular weight excluding hydrogens is 1490 g/mol. The van der Waals surface area contributed by atoms with Crippen molar-refractivity contribution in [2.75, 3.05) is 0 Å². The minimum atomic E-state index is -2.61. The maximum Gasteiger partial charge on any atom is 0.465 e. The van der Waals surface area contributed by atoms with Gasteiger partial charge in [-0.25, -0.2) is 0 Å². The van der Waals surface area contributed by atoms with Crippen molar-refractivity contribution in [3.05, 3.63) is 87.8 Å². The summed E-state index contributed by atoms with van der Waals surface area (Å²) < 4.78 is 83.5. The van der Waals surface area contributed by atoms with Crippen LogP contribution in [0.4, 0.5) is 0 Å². The SMILES string of the molecule is C=CC.C=CC=C.C=CC=C.C=C[Si](C)(C)O[Si](C)(C)O[Si](C)(C)C=C.CC.CCC(C)C(C)C.CCCC.C[SiH](C)O[Si](C)(O[SiH](C)C)O[SiH](C)C.C[SiH](C)O[Si](C)(O[SiH](C)C)O[Si](C)(C)CC[Si](C)(C)O[Si](C)(C)O[Si](C)(C)CC[Si](C)(C)O[Si](C)(O[SiH](C)C)O[SiH](C)C. The predicted molar refractivity (Wildman–Crippen MR) is 483 cm³/mol. The maximum atomic E-state index is 6.99. The van der Waals surface area contributed by atoms with Gasteiger partial charge in [0.15, 0.2) is 113 Å². The molecule has 0 radical (unpaired) electrons. The van der Waals surface area contributed by atoms with E-state index in [4.69, 9.17) is 53.5 Å². The molecular formula is C65H170O13Si18. The molecule has 0 aliphatic heterocycles. The van der Waals surface area contributed by atoms with Crippen LogP contribution >= 0.6 is 0 Å². The average molecular weight is 1670 g/mol. The molecule has 0 saturated heterocycles. The Hall–Kier alpha value is 1.56. The van der Waals surface area contributed by atoms with Gasteiger partial charge >= 0.3 is 43.5 Å². The van der Waals surface area contributed by atoms with Crippen molar-refractivity contribution in [1.29, 1.82) is 0 Å². The van der Waals surface area contributed by atoms with E-state index in [0.29, 0.717) is 0 Å².